The van der Waals surface area contributed by atoms with Crippen LogP contribution in [0, 0.1) is 24.1 Å². The second-order valence-corrected chi connectivity index (χ2v) is 6.46. The first-order valence-corrected chi connectivity index (χ1v) is 7.56. The maximum atomic E-state index is 13.9. The molecule has 0 fully saturated rings. The summed E-state index contributed by atoms with van der Waals surface area (Å²) in [5.74, 6) is -1.23. The molecule has 0 heterocycles. The number of sulfone groups is 1. The summed E-state index contributed by atoms with van der Waals surface area (Å²) in [7, 11) is -3.63. The first-order valence-electron chi connectivity index (χ1n) is 5.91. The first-order chi connectivity index (χ1) is 9.44. The van der Waals surface area contributed by atoms with Crippen molar-refractivity contribution in [2.45, 2.75) is 17.6 Å². The van der Waals surface area contributed by atoms with E-state index in [2.05, 4.69) is 0 Å². The molecular weight excluding hydrogens is 277 g/mol. The number of halogens is 1. The molecular formula is C15H12FNO2S. The summed E-state index contributed by atoms with van der Waals surface area (Å²) in [5, 5.41) is 8.76. The molecule has 0 saturated heterocycles. The van der Waals surface area contributed by atoms with Gasteiger partial charge < -0.3 is 0 Å². The Kier molecular flexibility index (Phi) is 3.86. The monoisotopic (exact) mass is 289 g/mol. The van der Waals surface area contributed by atoms with E-state index in [1.807, 2.05) is 0 Å². The van der Waals surface area contributed by atoms with Gasteiger partial charge in [-0.3, -0.25) is 0 Å². The molecule has 0 saturated carbocycles. The molecule has 2 aromatic rings. The van der Waals surface area contributed by atoms with Gasteiger partial charge in [-0.1, -0.05) is 24.3 Å². The quantitative estimate of drug-likeness (QED) is 0.872. The topological polar surface area (TPSA) is 57.9 Å². The van der Waals surface area contributed by atoms with Gasteiger partial charge in [0.2, 0.25) is 0 Å². The molecule has 3 nitrogen and oxygen atoms in total. The van der Waals surface area contributed by atoms with Crippen LogP contribution in [0.15, 0.2) is 47.4 Å². The lowest BCUT2D eigenvalue weighted by Gasteiger charge is -2.07. The molecule has 5 heteroatoms. The fraction of sp³-hybridized carbons (Fsp3) is 0.133. The predicted molar refractivity (Wildman–Crippen MR) is 73.2 cm³/mol. The predicted octanol–water partition coefficient (Wildman–Crippen LogP) is 2.98. The number of nitrogens with zero attached hydrogens (tertiary/aromatic N) is 1. The summed E-state index contributed by atoms with van der Waals surface area (Å²) in [6.07, 6.45) is 0. The van der Waals surface area contributed by atoms with E-state index >= 15 is 0 Å². The summed E-state index contributed by atoms with van der Waals surface area (Å²) in [5.41, 5.74) is 0.671. The minimum absolute atomic E-state index is 0.00514. The van der Waals surface area contributed by atoms with Crippen molar-refractivity contribution in [2.24, 2.45) is 0 Å². The molecule has 0 spiro atoms. The van der Waals surface area contributed by atoms with Gasteiger partial charge >= 0.3 is 0 Å². The molecule has 0 amide bonds. The van der Waals surface area contributed by atoms with Gasteiger partial charge in [-0.05, 0) is 30.7 Å². The average Bonchev–Trinajstić information content (AvgIpc) is 2.41. The van der Waals surface area contributed by atoms with Crippen molar-refractivity contribution in [2.75, 3.05) is 0 Å². The third-order valence-corrected chi connectivity index (χ3v) is 4.56. The smallest absolute Gasteiger partial charge is 0.182 e. The molecule has 0 atom stereocenters. The molecule has 0 unspecified atom stereocenters. The van der Waals surface area contributed by atoms with Crippen LogP contribution in [0.1, 0.15) is 16.7 Å². The van der Waals surface area contributed by atoms with Crippen LogP contribution in [0.25, 0.3) is 0 Å². The maximum Gasteiger partial charge on any atom is 0.182 e. The Balaban J connectivity index is 2.42. The van der Waals surface area contributed by atoms with Crippen LogP contribution < -0.4 is 0 Å². The average molecular weight is 289 g/mol. The number of hydrogen-bond donors (Lipinski definition) is 0. The van der Waals surface area contributed by atoms with Crippen LogP contribution in [0.5, 0.6) is 0 Å². The molecule has 0 radical (unpaired) electrons. The van der Waals surface area contributed by atoms with Gasteiger partial charge in [0.15, 0.2) is 9.84 Å². The molecule has 0 aromatic heterocycles. The van der Waals surface area contributed by atoms with Gasteiger partial charge in [-0.2, -0.15) is 5.26 Å². The van der Waals surface area contributed by atoms with Crippen molar-refractivity contribution in [3.8, 4) is 6.07 Å². The Morgan fingerprint density at radius 2 is 1.90 bits per heavy atom. The molecule has 2 rings (SSSR count). The Labute approximate surface area is 117 Å². The van der Waals surface area contributed by atoms with Crippen LogP contribution in [-0.4, -0.2) is 8.42 Å². The number of benzene rings is 2. The van der Waals surface area contributed by atoms with Gasteiger partial charge in [0, 0.05) is 5.56 Å². The zero-order valence-corrected chi connectivity index (χ0v) is 11.6. The standard InChI is InChI=1S/C15H12FNO2S/c1-11-4-2-7-14(8-11)20(18,19)10-13-6-3-5-12(9-17)15(13)16/h2-8H,10H2,1H3. The summed E-state index contributed by atoms with van der Waals surface area (Å²) in [6.45, 7) is 1.79. The van der Waals surface area contributed by atoms with Crippen molar-refractivity contribution in [3.05, 3.63) is 65.0 Å². The lowest BCUT2D eigenvalue weighted by atomic mass is 10.1. The third-order valence-electron chi connectivity index (χ3n) is 2.89. The van der Waals surface area contributed by atoms with Gasteiger partial charge in [0.1, 0.15) is 11.9 Å². The van der Waals surface area contributed by atoms with Gasteiger partial charge in [0.25, 0.3) is 0 Å². The lowest BCUT2D eigenvalue weighted by Crippen LogP contribution is -2.07. The maximum absolute atomic E-state index is 13.9. The van der Waals surface area contributed by atoms with Gasteiger partial charge in [0.05, 0.1) is 16.2 Å². The molecule has 20 heavy (non-hydrogen) atoms. The van der Waals surface area contributed by atoms with E-state index in [4.69, 9.17) is 5.26 Å². The second kappa shape index (κ2) is 5.43. The van der Waals surface area contributed by atoms with Crippen LogP contribution in [0.2, 0.25) is 0 Å². The highest BCUT2D eigenvalue weighted by Crippen LogP contribution is 2.20. The fourth-order valence-corrected chi connectivity index (χ4v) is 3.32. The largest absolute Gasteiger partial charge is 0.223 e. The minimum atomic E-state index is -3.63. The Hall–Kier alpha value is -2.19. The Morgan fingerprint density at radius 3 is 2.55 bits per heavy atom. The number of aryl methyl sites for hydroxylation is 1. The van der Waals surface area contributed by atoms with E-state index < -0.39 is 21.4 Å². The van der Waals surface area contributed by atoms with Crippen molar-refractivity contribution < 1.29 is 12.8 Å². The first kappa shape index (κ1) is 14.2. The fourth-order valence-electron chi connectivity index (χ4n) is 1.87. The second-order valence-electron chi connectivity index (χ2n) is 4.47. The minimum Gasteiger partial charge on any atom is -0.223 e. The van der Waals surface area contributed by atoms with Crippen LogP contribution in [-0.2, 0) is 15.6 Å². The SMILES string of the molecule is Cc1cccc(S(=O)(=O)Cc2cccc(C#N)c2F)c1. The van der Waals surface area contributed by atoms with E-state index in [1.54, 1.807) is 31.2 Å². The summed E-state index contributed by atoms with van der Waals surface area (Å²) < 4.78 is 38.4. The summed E-state index contributed by atoms with van der Waals surface area (Å²) >= 11 is 0. The van der Waals surface area contributed by atoms with Crippen molar-refractivity contribution in [1.82, 2.24) is 0 Å². The molecule has 0 aliphatic rings. The lowest BCUT2D eigenvalue weighted by molar-refractivity contribution is 0.586. The number of hydrogen-bond acceptors (Lipinski definition) is 3. The molecule has 0 aliphatic carbocycles. The van der Waals surface area contributed by atoms with E-state index in [1.165, 1.54) is 24.3 Å². The Morgan fingerprint density at radius 1 is 1.20 bits per heavy atom. The molecule has 0 bridgehead atoms. The zero-order chi connectivity index (χ0) is 14.8. The van der Waals surface area contributed by atoms with Gasteiger partial charge in [-0.25, -0.2) is 12.8 Å². The van der Waals surface area contributed by atoms with E-state index in [-0.39, 0.29) is 16.0 Å². The molecule has 102 valence electrons. The normalized spacial score (nSPS) is 11.1. The highest BCUT2D eigenvalue weighted by molar-refractivity contribution is 7.90. The Bertz CT molecular complexity index is 792. The van der Waals surface area contributed by atoms with Gasteiger partial charge in [-0.15, -0.1) is 0 Å². The third kappa shape index (κ3) is 2.86. The van der Waals surface area contributed by atoms with E-state index in [9.17, 15) is 12.8 Å². The summed E-state index contributed by atoms with van der Waals surface area (Å²) in [4.78, 5) is 0.152. The van der Waals surface area contributed by atoms with E-state index in [0.29, 0.717) is 0 Å². The summed E-state index contributed by atoms with van der Waals surface area (Å²) in [6, 6.07) is 12.3. The number of rotatable bonds is 3. The highest BCUT2D eigenvalue weighted by Gasteiger charge is 2.19. The zero-order valence-electron chi connectivity index (χ0n) is 10.8. The van der Waals surface area contributed by atoms with Crippen LogP contribution >= 0.6 is 0 Å². The van der Waals surface area contributed by atoms with Crippen molar-refractivity contribution in [3.63, 3.8) is 0 Å². The molecule has 2 aromatic carbocycles. The molecule has 0 aliphatic heterocycles. The van der Waals surface area contributed by atoms with Crippen LogP contribution in [0.4, 0.5) is 4.39 Å². The highest BCUT2D eigenvalue weighted by atomic mass is 32.2. The molecule has 0 N–H and O–H groups in total. The van der Waals surface area contributed by atoms with Crippen molar-refractivity contribution in [1.29, 1.82) is 5.26 Å². The number of nitriles is 1. The van der Waals surface area contributed by atoms with Crippen molar-refractivity contribution >= 4 is 9.84 Å². The van der Waals surface area contributed by atoms with Crippen LogP contribution in [0.3, 0.4) is 0 Å². The van der Waals surface area contributed by atoms with E-state index in [0.717, 1.165) is 5.56 Å².